The number of hydrogen-bond donors (Lipinski definition) is 14. The van der Waals surface area contributed by atoms with Crippen LogP contribution >= 0.6 is 0 Å². The van der Waals surface area contributed by atoms with E-state index in [-0.39, 0.29) is 39.2 Å². The first kappa shape index (κ1) is 38.2. The van der Waals surface area contributed by atoms with Crippen molar-refractivity contribution in [1.29, 1.82) is 0 Å². The summed E-state index contributed by atoms with van der Waals surface area (Å²) in [6.45, 7) is 1.14. The number of rotatable bonds is 14. The Kier molecular flexibility index (Phi) is 14.2. The molecule has 0 aromatic heterocycles. The zero-order valence-corrected chi connectivity index (χ0v) is 25.5. The van der Waals surface area contributed by atoms with Crippen molar-refractivity contribution >= 4 is 5.91 Å². The molecule has 0 aromatic carbocycles. The Morgan fingerprint density at radius 3 is 2.29 bits per heavy atom. The molecule has 0 spiro atoms. The third kappa shape index (κ3) is 9.24. The summed E-state index contributed by atoms with van der Waals surface area (Å²) in [5.74, 6) is -0.869. The fourth-order valence-corrected chi connectivity index (χ4v) is 5.88. The average Bonchev–Trinajstić information content (AvgIpc) is 2.98. The van der Waals surface area contributed by atoms with Gasteiger partial charge in [-0.05, 0) is 33.4 Å². The van der Waals surface area contributed by atoms with E-state index in [1.54, 1.807) is 0 Å². The molecule has 1 aliphatic carbocycles. The van der Waals surface area contributed by atoms with Crippen LogP contribution in [-0.2, 0) is 23.7 Å². The van der Waals surface area contributed by atoms with E-state index in [0.29, 0.717) is 6.42 Å². The Hall–Kier alpha value is -1.21. The van der Waals surface area contributed by atoms with Crippen molar-refractivity contribution in [3.63, 3.8) is 0 Å². The van der Waals surface area contributed by atoms with Gasteiger partial charge in [0.05, 0.1) is 24.8 Å². The van der Waals surface area contributed by atoms with Crippen LogP contribution in [0.5, 0.6) is 0 Å². The second-order valence-corrected chi connectivity index (χ2v) is 12.2. The summed E-state index contributed by atoms with van der Waals surface area (Å²) in [6, 6.07) is -3.00. The largest absolute Gasteiger partial charge is 0.392 e. The van der Waals surface area contributed by atoms with Gasteiger partial charge in [0.1, 0.15) is 60.5 Å². The van der Waals surface area contributed by atoms with Crippen molar-refractivity contribution in [2.45, 2.75) is 117 Å². The maximum atomic E-state index is 12.5. The minimum atomic E-state index is -1.77. The number of carbonyl (C=O) groups excluding carboxylic acids is 1. The van der Waals surface area contributed by atoms with Crippen LogP contribution in [0, 0.1) is 0 Å². The summed E-state index contributed by atoms with van der Waals surface area (Å²) < 4.78 is 23.2. The van der Waals surface area contributed by atoms with Crippen molar-refractivity contribution in [2.75, 3.05) is 39.8 Å². The van der Waals surface area contributed by atoms with Crippen LogP contribution in [0.15, 0.2) is 0 Å². The summed E-state index contributed by atoms with van der Waals surface area (Å²) in [6.07, 6.45) is -17.1. The lowest BCUT2D eigenvalue weighted by Gasteiger charge is -2.49. The number of aliphatic hydroxyl groups is 8. The van der Waals surface area contributed by atoms with Crippen LogP contribution in [0.25, 0.3) is 0 Å². The van der Waals surface area contributed by atoms with E-state index in [4.69, 9.17) is 36.1 Å². The Morgan fingerprint density at radius 1 is 1.00 bits per heavy atom. The molecule has 0 radical (unpaired) electrons. The molecule has 3 rings (SSSR count). The summed E-state index contributed by atoms with van der Waals surface area (Å²) in [5, 5.41) is 92.8. The van der Waals surface area contributed by atoms with Crippen LogP contribution in [0.3, 0.4) is 0 Å². The van der Waals surface area contributed by atoms with Crippen molar-refractivity contribution < 1.29 is 64.6 Å². The van der Waals surface area contributed by atoms with Crippen molar-refractivity contribution in [3.8, 4) is 0 Å². The van der Waals surface area contributed by atoms with Gasteiger partial charge in [0.25, 0.3) is 0 Å². The lowest BCUT2D eigenvalue weighted by atomic mass is 9.83. The molecule has 264 valence electrons. The van der Waals surface area contributed by atoms with Crippen molar-refractivity contribution in [2.24, 2.45) is 17.2 Å². The molecule has 2 unspecified atom stereocenters. The highest BCUT2D eigenvalue weighted by atomic mass is 16.7. The predicted molar refractivity (Wildman–Crippen MR) is 154 cm³/mol. The van der Waals surface area contributed by atoms with Crippen LogP contribution in [0.4, 0.5) is 0 Å². The van der Waals surface area contributed by atoms with Crippen LogP contribution in [0.2, 0.25) is 0 Å². The van der Waals surface area contributed by atoms with Gasteiger partial charge in [-0.25, -0.2) is 0 Å². The molecule has 1 amide bonds. The van der Waals surface area contributed by atoms with Crippen LogP contribution in [0.1, 0.15) is 19.8 Å². The standard InChI is InChI=1S/C26H52N6O13/c1-26(41)9-42-24(19(39)22(26)30-2)45-21-12(32-23(40)13(34)6-28)5-11(29)20(18(21)38)44-25-17(37)16(36)15(35)14(43-25)8-31-7-10(33)3-4-27/h10-22,24-25,30-31,33-39,41H,3-9,27-29H2,1-2H3,(H,32,40)/t10?,11-,12+,13-,14+,15+,16-,17+,18-,19+,20?,21-,22+,24+,25+,26-/m0/s1. The monoisotopic (exact) mass is 656 g/mol. The molecule has 45 heavy (non-hydrogen) atoms. The van der Waals surface area contributed by atoms with Gasteiger partial charge >= 0.3 is 0 Å². The highest BCUT2D eigenvalue weighted by molar-refractivity contribution is 5.81. The first-order valence-corrected chi connectivity index (χ1v) is 15.1. The molecule has 0 aromatic rings. The summed E-state index contributed by atoms with van der Waals surface area (Å²) in [7, 11) is 1.52. The fourth-order valence-electron chi connectivity index (χ4n) is 5.88. The molecule has 1 saturated carbocycles. The minimum absolute atomic E-state index is 0.0532. The van der Waals surface area contributed by atoms with E-state index in [0.717, 1.165) is 0 Å². The topological polar surface area (TPSA) is 330 Å². The van der Waals surface area contributed by atoms with Gasteiger partial charge in [0, 0.05) is 25.7 Å². The van der Waals surface area contributed by atoms with Gasteiger partial charge in [0.2, 0.25) is 5.91 Å². The summed E-state index contributed by atoms with van der Waals surface area (Å²) >= 11 is 0. The Bertz CT molecular complexity index is 927. The molecule has 3 fully saturated rings. The lowest BCUT2D eigenvalue weighted by Crippen LogP contribution is -2.70. The third-order valence-corrected chi connectivity index (χ3v) is 8.49. The average molecular weight is 657 g/mol. The van der Waals surface area contributed by atoms with Crippen molar-refractivity contribution in [1.82, 2.24) is 16.0 Å². The molecule has 17 N–H and O–H groups in total. The SMILES string of the molecule is CN[C@@H]1[C@@H](O)[C@@H](O[C@H]2[C@H](NC(=O)[C@@H](O)CN)C[C@H](N)C(O[C@H]3O[C@H](CNCC(O)CCN)[C@@H](O)[C@H](O)[C@H]3O)[C@@H]2O)OC[C@]1(C)O. The molecule has 0 bridgehead atoms. The molecule has 16 atom stereocenters. The van der Waals surface area contributed by atoms with Crippen molar-refractivity contribution in [3.05, 3.63) is 0 Å². The Balaban J connectivity index is 1.79. The number of amides is 1. The first-order valence-electron chi connectivity index (χ1n) is 15.1. The normalized spacial score (nSPS) is 43.9. The minimum Gasteiger partial charge on any atom is -0.392 e. The molecule has 2 saturated heterocycles. The van der Waals surface area contributed by atoms with Gasteiger partial charge in [-0.15, -0.1) is 0 Å². The fraction of sp³-hybridized carbons (Fsp3) is 0.962. The molecule has 2 heterocycles. The first-order chi connectivity index (χ1) is 21.2. The maximum Gasteiger partial charge on any atom is 0.250 e. The maximum absolute atomic E-state index is 12.5. The second kappa shape index (κ2) is 16.8. The smallest absolute Gasteiger partial charge is 0.250 e. The number of aliphatic hydroxyl groups excluding tert-OH is 7. The van der Waals surface area contributed by atoms with Gasteiger partial charge in [0.15, 0.2) is 12.6 Å². The van der Waals surface area contributed by atoms with E-state index in [1.165, 1.54) is 14.0 Å². The number of carbonyl (C=O) groups is 1. The number of nitrogens with two attached hydrogens (primary N) is 3. The van der Waals surface area contributed by atoms with Gasteiger partial charge in [-0.3, -0.25) is 4.79 Å². The second-order valence-electron chi connectivity index (χ2n) is 12.2. The quantitative estimate of drug-likeness (QED) is 0.0825. The predicted octanol–water partition coefficient (Wildman–Crippen LogP) is -8.18. The van der Waals surface area contributed by atoms with Gasteiger partial charge in [-0.2, -0.15) is 0 Å². The summed E-state index contributed by atoms with van der Waals surface area (Å²) in [5.41, 5.74) is 15.7. The molecular formula is C26H52N6O13. The summed E-state index contributed by atoms with van der Waals surface area (Å²) in [4.78, 5) is 12.5. The molecular weight excluding hydrogens is 604 g/mol. The highest BCUT2D eigenvalue weighted by Gasteiger charge is 2.53. The molecule has 19 nitrogen and oxygen atoms in total. The third-order valence-electron chi connectivity index (χ3n) is 8.49. The molecule has 2 aliphatic heterocycles. The zero-order chi connectivity index (χ0) is 33.6. The van der Waals surface area contributed by atoms with Gasteiger partial charge < -0.3 is 93.0 Å². The number of nitrogens with one attached hydrogen (secondary N) is 3. The lowest BCUT2D eigenvalue weighted by molar-refractivity contribution is -0.331. The van der Waals surface area contributed by atoms with E-state index in [1.807, 2.05) is 0 Å². The molecule has 3 aliphatic rings. The van der Waals surface area contributed by atoms with E-state index in [9.17, 15) is 45.6 Å². The van der Waals surface area contributed by atoms with Crippen LogP contribution < -0.4 is 33.2 Å². The zero-order valence-electron chi connectivity index (χ0n) is 25.5. The number of hydrogen-bond acceptors (Lipinski definition) is 18. The van der Waals surface area contributed by atoms with E-state index < -0.39 is 103 Å². The number of ether oxygens (including phenoxy) is 4. The molecule has 19 heteroatoms. The number of likely N-dealkylation sites (N-methyl/N-ethyl adjacent to an activating group) is 1. The van der Waals surface area contributed by atoms with Gasteiger partial charge in [-0.1, -0.05) is 0 Å². The van der Waals surface area contributed by atoms with E-state index >= 15 is 0 Å². The van der Waals surface area contributed by atoms with Crippen LogP contribution in [-0.4, -0.2) is 184 Å². The Labute approximate surface area is 260 Å². The highest BCUT2D eigenvalue weighted by Crippen LogP contribution is 2.32. The Morgan fingerprint density at radius 2 is 1.67 bits per heavy atom. The van der Waals surface area contributed by atoms with E-state index in [2.05, 4.69) is 16.0 Å².